The van der Waals surface area contributed by atoms with E-state index < -0.39 is 16.6 Å². The summed E-state index contributed by atoms with van der Waals surface area (Å²) in [6.45, 7) is 15.3. The number of hydrogen-bond donors (Lipinski definition) is 1. The Morgan fingerprint density at radius 3 is 2.16 bits per heavy atom. The van der Waals surface area contributed by atoms with Crippen LogP contribution in [-0.2, 0) is 8.85 Å². The summed E-state index contributed by atoms with van der Waals surface area (Å²) in [5, 5.41) is 3.74. The molecule has 0 saturated carbocycles. The molecule has 4 nitrogen and oxygen atoms in total. The molecule has 0 aromatic heterocycles. The molecule has 0 spiro atoms. The Kier molecular flexibility index (Phi) is 6.68. The maximum atomic E-state index is 6.19. The minimum atomic E-state index is -2.09. The first-order valence-electron chi connectivity index (χ1n) is 7.47. The molecule has 1 unspecified atom stereocenters. The van der Waals surface area contributed by atoms with Crippen LogP contribution in [0, 0.1) is 0 Å². The molecule has 1 aliphatic heterocycles. The summed E-state index contributed by atoms with van der Waals surface area (Å²) in [4.78, 5) is 2.27. The maximum absolute atomic E-state index is 6.19. The van der Waals surface area contributed by atoms with Gasteiger partial charge in [-0.2, -0.15) is 0 Å². The van der Waals surface area contributed by atoms with Gasteiger partial charge >= 0.3 is 8.56 Å². The zero-order chi connectivity index (χ0) is 14.5. The van der Waals surface area contributed by atoms with Crippen LogP contribution in [0.3, 0.4) is 0 Å². The highest BCUT2D eigenvalue weighted by Crippen LogP contribution is 2.17. The Bertz CT molecular complexity index is 262. The third-order valence-corrected chi connectivity index (χ3v) is 8.34. The van der Waals surface area contributed by atoms with Gasteiger partial charge in [0.25, 0.3) is 0 Å². The fourth-order valence-electron chi connectivity index (χ4n) is 2.29. The molecule has 0 aromatic carbocycles. The van der Waals surface area contributed by atoms with Crippen molar-refractivity contribution in [1.82, 2.24) is 10.2 Å². The number of likely N-dealkylation sites (N-methyl/N-ethyl adjacent to an activating group) is 1. The summed E-state index contributed by atoms with van der Waals surface area (Å²) >= 11 is 0. The van der Waals surface area contributed by atoms with Crippen molar-refractivity contribution in [2.75, 3.05) is 39.5 Å². The maximum Gasteiger partial charge on any atom is 0.352 e. The molecular formula is C13H32N2O2Si2. The van der Waals surface area contributed by atoms with Gasteiger partial charge in [-0.15, -0.1) is 0 Å². The standard InChI is InChI=1S/C13H32N2O2Si2/c1-7-13(14-12-18(3,4)5)19(6)16-10-8-15(2)9-11-17-19/h13-14H,7-12H2,1-6H3. The van der Waals surface area contributed by atoms with Gasteiger partial charge in [-0.1, -0.05) is 26.6 Å². The van der Waals surface area contributed by atoms with Gasteiger partial charge in [0.1, 0.15) is 0 Å². The lowest BCUT2D eigenvalue weighted by atomic mass is 10.5. The Labute approximate surface area is 121 Å². The van der Waals surface area contributed by atoms with Gasteiger partial charge < -0.3 is 19.1 Å². The van der Waals surface area contributed by atoms with Crippen molar-refractivity contribution >= 4 is 16.6 Å². The third-order valence-electron chi connectivity index (χ3n) is 3.64. The highest BCUT2D eigenvalue weighted by Gasteiger charge is 2.41. The molecule has 1 rings (SSSR count). The van der Waals surface area contributed by atoms with E-state index in [1.807, 2.05) is 0 Å². The van der Waals surface area contributed by atoms with Crippen molar-refractivity contribution in [3.63, 3.8) is 0 Å². The predicted octanol–water partition coefficient (Wildman–Crippen LogP) is 1.82. The second kappa shape index (κ2) is 7.33. The SMILES string of the molecule is CCC(NC[Si](C)(C)C)[Si]1(C)OCCN(C)CCO1. The number of nitrogens with one attached hydrogen (secondary N) is 1. The molecule has 19 heavy (non-hydrogen) atoms. The molecule has 0 bridgehead atoms. The van der Waals surface area contributed by atoms with E-state index in [1.165, 1.54) is 0 Å². The van der Waals surface area contributed by atoms with E-state index in [-0.39, 0.29) is 0 Å². The molecule has 0 amide bonds. The molecular weight excluding hydrogens is 272 g/mol. The number of rotatable bonds is 5. The lowest BCUT2D eigenvalue weighted by Gasteiger charge is -2.38. The van der Waals surface area contributed by atoms with Gasteiger partial charge in [0.05, 0.1) is 8.07 Å². The molecule has 1 heterocycles. The van der Waals surface area contributed by atoms with Crippen LogP contribution in [-0.4, -0.2) is 66.7 Å². The van der Waals surface area contributed by atoms with Gasteiger partial charge in [-0.05, 0) is 26.2 Å². The van der Waals surface area contributed by atoms with Crippen LogP contribution in [0.2, 0.25) is 26.2 Å². The van der Waals surface area contributed by atoms with E-state index in [2.05, 4.69) is 50.4 Å². The number of nitrogens with zero attached hydrogens (tertiary/aromatic N) is 1. The summed E-state index contributed by atoms with van der Waals surface area (Å²) in [7, 11) is -1.05. The van der Waals surface area contributed by atoms with Crippen molar-refractivity contribution in [2.45, 2.75) is 45.2 Å². The Morgan fingerprint density at radius 2 is 1.74 bits per heavy atom. The molecule has 1 N–H and O–H groups in total. The Morgan fingerprint density at radius 1 is 1.21 bits per heavy atom. The van der Waals surface area contributed by atoms with Crippen LogP contribution in [0.5, 0.6) is 0 Å². The van der Waals surface area contributed by atoms with Crippen molar-refractivity contribution in [2.24, 2.45) is 0 Å². The van der Waals surface area contributed by atoms with E-state index >= 15 is 0 Å². The summed E-state index contributed by atoms with van der Waals surface area (Å²) < 4.78 is 12.4. The third kappa shape index (κ3) is 6.05. The minimum absolute atomic E-state index is 0.405. The molecule has 1 fully saturated rings. The van der Waals surface area contributed by atoms with E-state index in [9.17, 15) is 0 Å². The molecule has 1 atom stereocenters. The van der Waals surface area contributed by atoms with Gasteiger partial charge in [0.2, 0.25) is 0 Å². The van der Waals surface area contributed by atoms with E-state index in [0.717, 1.165) is 38.9 Å². The van der Waals surface area contributed by atoms with Gasteiger partial charge in [0, 0.05) is 32.0 Å². The first kappa shape index (κ1) is 17.3. The molecule has 0 aromatic rings. The molecule has 1 saturated heterocycles. The van der Waals surface area contributed by atoms with E-state index in [4.69, 9.17) is 8.85 Å². The van der Waals surface area contributed by atoms with Gasteiger partial charge in [0.15, 0.2) is 0 Å². The monoisotopic (exact) mass is 304 g/mol. The van der Waals surface area contributed by atoms with Crippen molar-refractivity contribution < 1.29 is 8.85 Å². The average molecular weight is 305 g/mol. The highest BCUT2D eigenvalue weighted by molar-refractivity contribution is 6.76. The first-order valence-corrected chi connectivity index (χ1v) is 13.6. The molecule has 0 radical (unpaired) electrons. The van der Waals surface area contributed by atoms with E-state index in [0.29, 0.717) is 5.67 Å². The summed E-state index contributed by atoms with van der Waals surface area (Å²) in [5.74, 6) is 0. The van der Waals surface area contributed by atoms with Crippen LogP contribution < -0.4 is 5.32 Å². The molecule has 1 aliphatic rings. The van der Waals surface area contributed by atoms with Gasteiger partial charge in [-0.3, -0.25) is 0 Å². The average Bonchev–Trinajstić information content (AvgIpc) is 2.26. The topological polar surface area (TPSA) is 33.7 Å². The lowest BCUT2D eigenvalue weighted by molar-refractivity contribution is 0.101. The molecule has 114 valence electrons. The van der Waals surface area contributed by atoms with Crippen LogP contribution in [0.15, 0.2) is 0 Å². The van der Waals surface area contributed by atoms with Crippen LogP contribution in [0.25, 0.3) is 0 Å². The minimum Gasteiger partial charge on any atom is -0.392 e. The largest absolute Gasteiger partial charge is 0.392 e. The number of hydrogen-bond acceptors (Lipinski definition) is 4. The normalized spacial score (nSPS) is 23.7. The molecule has 0 aliphatic carbocycles. The summed E-state index contributed by atoms with van der Waals surface area (Å²) in [6.07, 6.45) is 2.23. The Hall–Kier alpha value is 0.274. The quantitative estimate of drug-likeness (QED) is 0.786. The van der Waals surface area contributed by atoms with Gasteiger partial charge in [-0.25, -0.2) is 0 Å². The fourth-order valence-corrected chi connectivity index (χ4v) is 6.05. The lowest BCUT2D eigenvalue weighted by Crippen LogP contribution is -2.61. The zero-order valence-corrected chi connectivity index (χ0v) is 15.6. The van der Waals surface area contributed by atoms with Crippen LogP contribution in [0.4, 0.5) is 0 Å². The van der Waals surface area contributed by atoms with Crippen molar-refractivity contribution in [3.05, 3.63) is 0 Å². The van der Waals surface area contributed by atoms with Crippen molar-refractivity contribution in [3.8, 4) is 0 Å². The van der Waals surface area contributed by atoms with Crippen molar-refractivity contribution in [1.29, 1.82) is 0 Å². The Balaban J connectivity index is 2.60. The van der Waals surface area contributed by atoms with E-state index in [1.54, 1.807) is 0 Å². The second-order valence-electron chi connectivity index (χ2n) is 6.92. The summed E-state index contributed by atoms with van der Waals surface area (Å²) in [6, 6.07) is 0. The summed E-state index contributed by atoms with van der Waals surface area (Å²) in [5.41, 5.74) is 0.405. The smallest absolute Gasteiger partial charge is 0.352 e. The zero-order valence-electron chi connectivity index (χ0n) is 13.6. The second-order valence-corrected chi connectivity index (χ2v) is 15.7. The van der Waals surface area contributed by atoms with Crippen LogP contribution in [0.1, 0.15) is 13.3 Å². The highest BCUT2D eigenvalue weighted by atomic mass is 28.4. The fraction of sp³-hybridized carbons (Fsp3) is 1.00. The first-order chi connectivity index (χ1) is 8.77. The molecule has 6 heteroatoms. The predicted molar refractivity (Wildman–Crippen MR) is 86.4 cm³/mol. The van der Waals surface area contributed by atoms with Crippen LogP contribution >= 0.6 is 0 Å².